The summed E-state index contributed by atoms with van der Waals surface area (Å²) >= 11 is 0. The molecule has 2 N–H and O–H groups in total. The zero-order valence-electron chi connectivity index (χ0n) is 10.5. The predicted molar refractivity (Wildman–Crippen MR) is 65.9 cm³/mol. The van der Waals surface area contributed by atoms with Crippen LogP contribution in [-0.2, 0) is 0 Å². The van der Waals surface area contributed by atoms with E-state index < -0.39 is 0 Å². The highest BCUT2D eigenvalue weighted by Crippen LogP contribution is 2.61. The largest absolute Gasteiger partial charge is 0.325 e. The fourth-order valence-electron chi connectivity index (χ4n) is 5.92. The quantitative estimate of drug-likeness (QED) is 0.758. The van der Waals surface area contributed by atoms with Crippen molar-refractivity contribution in [3.63, 3.8) is 0 Å². The van der Waals surface area contributed by atoms with Crippen molar-refractivity contribution >= 4 is 0 Å². The van der Waals surface area contributed by atoms with E-state index >= 15 is 0 Å². The molecule has 0 aromatic heterocycles. The molecular weight excluding hydrogens is 194 g/mol. The third-order valence-corrected chi connectivity index (χ3v) is 6.40. The molecule has 16 heavy (non-hydrogen) atoms. The summed E-state index contributed by atoms with van der Waals surface area (Å²) in [6.07, 6.45) is 10.5. The summed E-state index contributed by atoms with van der Waals surface area (Å²) in [6, 6.07) is 0. The molecule has 5 aliphatic carbocycles. The Hall–Kier alpha value is -0.0400. The molecule has 0 amide bonds. The Kier molecular flexibility index (Phi) is 1.89. The lowest BCUT2D eigenvalue weighted by Crippen LogP contribution is -2.58. The molecule has 5 rings (SSSR count). The van der Waals surface area contributed by atoms with Gasteiger partial charge in [0.1, 0.15) is 0 Å². The topological polar surface area (TPSA) is 26.0 Å². The van der Waals surface area contributed by atoms with E-state index in [2.05, 4.69) is 6.92 Å². The van der Waals surface area contributed by atoms with Crippen molar-refractivity contribution in [2.45, 2.75) is 57.4 Å². The van der Waals surface area contributed by atoms with Gasteiger partial charge in [-0.15, -0.1) is 0 Å². The van der Waals surface area contributed by atoms with Crippen molar-refractivity contribution in [2.24, 2.45) is 41.2 Å². The first-order valence-electron chi connectivity index (χ1n) is 7.43. The smallest absolute Gasteiger partial charge is 0.0188 e. The fraction of sp³-hybridized carbons (Fsp3) is 1.00. The standard InChI is InChI=1S/C15H25N/c1-15(16,13-2-3-13)14-11-5-9-4-10(7-11)8-12(14)6-9/h9-14H,2-8,16H2,1H3. The highest BCUT2D eigenvalue weighted by Gasteiger charge is 2.56. The van der Waals surface area contributed by atoms with Gasteiger partial charge in [0, 0.05) is 5.54 Å². The second-order valence-electron chi connectivity index (χ2n) is 7.60. The zero-order valence-corrected chi connectivity index (χ0v) is 10.5. The first kappa shape index (κ1) is 9.94. The Morgan fingerprint density at radius 2 is 1.38 bits per heavy atom. The molecule has 0 aromatic carbocycles. The lowest BCUT2D eigenvalue weighted by molar-refractivity contribution is -0.0706. The molecule has 0 saturated heterocycles. The summed E-state index contributed by atoms with van der Waals surface area (Å²) in [6.45, 7) is 2.39. The Morgan fingerprint density at radius 1 is 0.875 bits per heavy atom. The molecule has 1 atom stereocenters. The van der Waals surface area contributed by atoms with E-state index in [4.69, 9.17) is 5.73 Å². The fourth-order valence-corrected chi connectivity index (χ4v) is 5.92. The third-order valence-electron chi connectivity index (χ3n) is 6.40. The maximum absolute atomic E-state index is 6.75. The molecule has 0 spiro atoms. The van der Waals surface area contributed by atoms with E-state index in [0.29, 0.717) is 0 Å². The average Bonchev–Trinajstić information content (AvgIpc) is 2.97. The van der Waals surface area contributed by atoms with E-state index in [1.807, 2.05) is 0 Å². The van der Waals surface area contributed by atoms with E-state index in [9.17, 15) is 0 Å². The van der Waals surface area contributed by atoms with Gasteiger partial charge in [-0.25, -0.2) is 0 Å². The lowest BCUT2D eigenvalue weighted by atomic mass is 9.48. The second kappa shape index (κ2) is 3.04. The molecule has 0 aromatic rings. The Morgan fingerprint density at radius 3 is 1.81 bits per heavy atom. The van der Waals surface area contributed by atoms with Crippen molar-refractivity contribution in [2.75, 3.05) is 0 Å². The van der Waals surface area contributed by atoms with Gasteiger partial charge >= 0.3 is 0 Å². The Labute approximate surface area is 99.2 Å². The molecule has 0 heterocycles. The van der Waals surface area contributed by atoms with Crippen LogP contribution in [0.2, 0.25) is 0 Å². The van der Waals surface area contributed by atoms with Crippen LogP contribution in [0, 0.1) is 35.5 Å². The first-order valence-corrected chi connectivity index (χ1v) is 7.43. The van der Waals surface area contributed by atoms with E-state index in [-0.39, 0.29) is 5.54 Å². The molecule has 5 fully saturated rings. The van der Waals surface area contributed by atoms with Gasteiger partial charge < -0.3 is 5.73 Å². The molecule has 1 heteroatoms. The summed E-state index contributed by atoms with van der Waals surface area (Å²) in [5, 5.41) is 0. The van der Waals surface area contributed by atoms with Gasteiger partial charge in [-0.1, -0.05) is 0 Å². The zero-order chi connectivity index (χ0) is 10.9. The summed E-state index contributed by atoms with van der Waals surface area (Å²) in [5.74, 6) is 5.95. The van der Waals surface area contributed by atoms with Gasteiger partial charge in [-0.05, 0) is 87.4 Å². The Bertz CT molecular complexity index is 275. The van der Waals surface area contributed by atoms with Gasteiger partial charge in [-0.2, -0.15) is 0 Å². The van der Waals surface area contributed by atoms with E-state index in [1.165, 1.54) is 38.5 Å². The third kappa shape index (κ3) is 1.27. The summed E-state index contributed by atoms with van der Waals surface area (Å²) < 4.78 is 0. The van der Waals surface area contributed by atoms with Crippen molar-refractivity contribution in [1.29, 1.82) is 0 Å². The van der Waals surface area contributed by atoms with Gasteiger partial charge in [-0.3, -0.25) is 0 Å². The molecular formula is C15H25N. The average molecular weight is 219 g/mol. The molecule has 5 aliphatic rings. The number of hydrogen-bond donors (Lipinski definition) is 1. The van der Waals surface area contributed by atoms with Crippen LogP contribution in [-0.4, -0.2) is 5.54 Å². The minimum atomic E-state index is 0.183. The maximum Gasteiger partial charge on any atom is 0.0188 e. The summed E-state index contributed by atoms with van der Waals surface area (Å²) in [5.41, 5.74) is 6.93. The van der Waals surface area contributed by atoms with Crippen LogP contribution >= 0.6 is 0 Å². The summed E-state index contributed by atoms with van der Waals surface area (Å²) in [4.78, 5) is 0. The number of hydrogen-bond acceptors (Lipinski definition) is 1. The molecule has 0 radical (unpaired) electrons. The number of rotatable bonds is 2. The van der Waals surface area contributed by atoms with E-state index in [0.717, 1.165) is 35.5 Å². The van der Waals surface area contributed by atoms with Crippen LogP contribution < -0.4 is 5.73 Å². The second-order valence-corrected chi connectivity index (χ2v) is 7.60. The van der Waals surface area contributed by atoms with Gasteiger partial charge in [0.2, 0.25) is 0 Å². The SMILES string of the molecule is CC(N)(C1CC1)C1C2CC3CC(C2)CC1C3. The van der Waals surface area contributed by atoms with Crippen LogP contribution in [0.15, 0.2) is 0 Å². The monoisotopic (exact) mass is 219 g/mol. The van der Waals surface area contributed by atoms with Crippen molar-refractivity contribution in [1.82, 2.24) is 0 Å². The Balaban J connectivity index is 1.64. The normalized spacial score (nSPS) is 54.0. The lowest BCUT2D eigenvalue weighted by Gasteiger charge is -2.58. The summed E-state index contributed by atoms with van der Waals surface area (Å²) in [7, 11) is 0. The van der Waals surface area contributed by atoms with Crippen LogP contribution in [0.1, 0.15) is 51.9 Å². The minimum Gasteiger partial charge on any atom is -0.325 e. The van der Waals surface area contributed by atoms with Crippen LogP contribution in [0.25, 0.3) is 0 Å². The van der Waals surface area contributed by atoms with Crippen molar-refractivity contribution < 1.29 is 0 Å². The highest BCUT2D eigenvalue weighted by molar-refractivity contribution is 5.09. The molecule has 0 aliphatic heterocycles. The minimum absolute atomic E-state index is 0.183. The molecule has 4 bridgehead atoms. The van der Waals surface area contributed by atoms with E-state index in [1.54, 1.807) is 6.42 Å². The molecule has 5 saturated carbocycles. The highest BCUT2D eigenvalue weighted by atomic mass is 14.8. The van der Waals surface area contributed by atoms with Gasteiger partial charge in [0.05, 0.1) is 0 Å². The van der Waals surface area contributed by atoms with Crippen LogP contribution in [0.5, 0.6) is 0 Å². The van der Waals surface area contributed by atoms with Crippen LogP contribution in [0.3, 0.4) is 0 Å². The maximum atomic E-state index is 6.75. The number of nitrogens with two attached hydrogens (primary N) is 1. The predicted octanol–water partition coefficient (Wildman–Crippen LogP) is 3.19. The van der Waals surface area contributed by atoms with Crippen molar-refractivity contribution in [3.8, 4) is 0 Å². The first-order chi connectivity index (χ1) is 7.64. The molecule has 1 nitrogen and oxygen atoms in total. The van der Waals surface area contributed by atoms with Gasteiger partial charge in [0.25, 0.3) is 0 Å². The molecule has 1 unspecified atom stereocenters. The van der Waals surface area contributed by atoms with Gasteiger partial charge in [0.15, 0.2) is 0 Å². The van der Waals surface area contributed by atoms with Crippen LogP contribution in [0.4, 0.5) is 0 Å². The van der Waals surface area contributed by atoms with Crippen molar-refractivity contribution in [3.05, 3.63) is 0 Å². The molecule has 90 valence electrons.